The van der Waals surface area contributed by atoms with E-state index in [1.807, 2.05) is 5.38 Å². The molecule has 0 saturated carbocycles. The summed E-state index contributed by atoms with van der Waals surface area (Å²) in [5.41, 5.74) is 14.2. The average Bonchev–Trinajstić information content (AvgIpc) is 2.85. The van der Waals surface area contributed by atoms with Crippen LogP contribution in [0.1, 0.15) is 16.7 Å². The maximum atomic E-state index is 5.76. The molecule has 0 saturated heterocycles. The zero-order valence-electron chi connectivity index (χ0n) is 12.5. The molecule has 0 atom stereocenters. The second-order valence-electron chi connectivity index (χ2n) is 5.42. The molecule has 0 aliphatic rings. The number of nitrogens with two attached hydrogens (primary N) is 1. The molecule has 0 bridgehead atoms. The van der Waals surface area contributed by atoms with E-state index in [-0.39, 0.29) is 0 Å². The largest absolute Gasteiger partial charge is 0.375 e. The predicted molar refractivity (Wildman–Crippen MR) is 91.6 cm³/mol. The Morgan fingerprint density at radius 1 is 0.905 bits per heavy atom. The van der Waals surface area contributed by atoms with Crippen molar-refractivity contribution in [1.29, 1.82) is 0 Å². The number of rotatable bonds is 2. The summed E-state index contributed by atoms with van der Waals surface area (Å²) in [6.07, 6.45) is 0. The van der Waals surface area contributed by atoms with E-state index < -0.39 is 0 Å². The molecule has 3 rings (SSSR count). The molecule has 0 radical (unpaired) electrons. The van der Waals surface area contributed by atoms with Crippen LogP contribution >= 0.6 is 11.3 Å². The molecular formula is C18H18N2S. The Morgan fingerprint density at radius 2 is 1.52 bits per heavy atom. The van der Waals surface area contributed by atoms with Crippen molar-refractivity contribution in [3.63, 3.8) is 0 Å². The van der Waals surface area contributed by atoms with Crippen LogP contribution in [0.15, 0.2) is 41.8 Å². The van der Waals surface area contributed by atoms with Gasteiger partial charge in [0.15, 0.2) is 5.13 Å². The topological polar surface area (TPSA) is 38.9 Å². The van der Waals surface area contributed by atoms with Crippen LogP contribution in [0.3, 0.4) is 0 Å². The lowest BCUT2D eigenvalue weighted by molar-refractivity contribution is 1.32. The molecule has 3 heteroatoms. The van der Waals surface area contributed by atoms with Gasteiger partial charge >= 0.3 is 0 Å². The Hall–Kier alpha value is -2.13. The van der Waals surface area contributed by atoms with Crippen LogP contribution in [0.5, 0.6) is 0 Å². The second kappa shape index (κ2) is 5.34. The minimum atomic E-state index is 0.617. The summed E-state index contributed by atoms with van der Waals surface area (Å²) in [4.78, 5) is 4.41. The van der Waals surface area contributed by atoms with Crippen LogP contribution < -0.4 is 5.73 Å². The zero-order valence-corrected chi connectivity index (χ0v) is 13.3. The van der Waals surface area contributed by atoms with E-state index >= 15 is 0 Å². The van der Waals surface area contributed by atoms with E-state index in [1.54, 1.807) is 0 Å². The van der Waals surface area contributed by atoms with Crippen LogP contribution in [-0.2, 0) is 0 Å². The SMILES string of the molecule is Cc1ccc(-c2cc(C)c(-c3csc(N)n3)c(C)c2)cc1. The molecule has 3 aromatic rings. The molecule has 2 N–H and O–H groups in total. The number of aromatic nitrogens is 1. The minimum Gasteiger partial charge on any atom is -0.375 e. The Morgan fingerprint density at radius 3 is 2.05 bits per heavy atom. The normalized spacial score (nSPS) is 10.8. The van der Waals surface area contributed by atoms with Gasteiger partial charge in [0.1, 0.15) is 0 Å². The summed E-state index contributed by atoms with van der Waals surface area (Å²) < 4.78 is 0. The molecule has 1 aromatic heterocycles. The number of hydrogen-bond acceptors (Lipinski definition) is 3. The van der Waals surface area contributed by atoms with Crippen LogP contribution in [-0.4, -0.2) is 4.98 Å². The Bertz CT molecular complexity index is 762. The lowest BCUT2D eigenvalue weighted by atomic mass is 9.94. The van der Waals surface area contributed by atoms with Gasteiger partial charge in [-0.25, -0.2) is 4.98 Å². The molecule has 2 nitrogen and oxygen atoms in total. The first-order chi connectivity index (χ1) is 10.0. The third-order valence-electron chi connectivity index (χ3n) is 3.70. The van der Waals surface area contributed by atoms with E-state index in [1.165, 1.54) is 44.7 Å². The third kappa shape index (κ3) is 2.69. The van der Waals surface area contributed by atoms with Crippen molar-refractivity contribution in [2.24, 2.45) is 0 Å². The summed E-state index contributed by atoms with van der Waals surface area (Å²) in [6.45, 7) is 6.38. The molecule has 0 fully saturated rings. The molecule has 2 aromatic carbocycles. The summed E-state index contributed by atoms with van der Waals surface area (Å²) in [5.74, 6) is 0. The fourth-order valence-corrected chi connectivity index (χ4v) is 3.24. The van der Waals surface area contributed by atoms with Gasteiger partial charge in [-0.3, -0.25) is 0 Å². The molecule has 0 amide bonds. The summed E-state index contributed by atoms with van der Waals surface area (Å²) in [6, 6.07) is 13.1. The standard InChI is InChI=1S/C18H18N2S/c1-11-4-6-14(7-5-11)15-8-12(2)17(13(3)9-15)16-10-21-18(19)20-16/h4-10H,1-3H3,(H2,19,20). The van der Waals surface area contributed by atoms with E-state index in [2.05, 4.69) is 62.2 Å². The molecule has 0 spiro atoms. The third-order valence-corrected chi connectivity index (χ3v) is 4.37. The van der Waals surface area contributed by atoms with Crippen molar-refractivity contribution in [1.82, 2.24) is 4.98 Å². The highest BCUT2D eigenvalue weighted by atomic mass is 32.1. The molecule has 106 valence electrons. The summed E-state index contributed by atoms with van der Waals surface area (Å²) in [7, 11) is 0. The smallest absolute Gasteiger partial charge is 0.180 e. The average molecular weight is 294 g/mol. The van der Waals surface area contributed by atoms with E-state index in [4.69, 9.17) is 5.73 Å². The Labute approximate surface area is 129 Å². The van der Waals surface area contributed by atoms with Gasteiger partial charge in [-0.15, -0.1) is 11.3 Å². The Kier molecular flexibility index (Phi) is 3.52. The van der Waals surface area contributed by atoms with Crippen molar-refractivity contribution in [2.75, 3.05) is 5.73 Å². The summed E-state index contributed by atoms with van der Waals surface area (Å²) in [5, 5.41) is 2.64. The first-order valence-electron chi connectivity index (χ1n) is 6.94. The molecule has 0 aliphatic carbocycles. The van der Waals surface area contributed by atoms with Gasteiger partial charge in [0.05, 0.1) is 5.69 Å². The maximum Gasteiger partial charge on any atom is 0.180 e. The van der Waals surface area contributed by atoms with Crippen LogP contribution in [0.25, 0.3) is 22.4 Å². The fraction of sp³-hybridized carbons (Fsp3) is 0.167. The fourth-order valence-electron chi connectivity index (χ4n) is 2.68. The van der Waals surface area contributed by atoms with Crippen molar-refractivity contribution in [3.8, 4) is 22.4 Å². The van der Waals surface area contributed by atoms with Gasteiger partial charge in [-0.2, -0.15) is 0 Å². The van der Waals surface area contributed by atoms with Crippen molar-refractivity contribution >= 4 is 16.5 Å². The van der Waals surface area contributed by atoms with E-state index in [0.29, 0.717) is 5.13 Å². The lowest BCUT2D eigenvalue weighted by Gasteiger charge is -2.11. The Balaban J connectivity index is 2.09. The van der Waals surface area contributed by atoms with E-state index in [9.17, 15) is 0 Å². The first-order valence-corrected chi connectivity index (χ1v) is 7.82. The maximum absolute atomic E-state index is 5.76. The van der Waals surface area contributed by atoms with Crippen LogP contribution in [0.2, 0.25) is 0 Å². The van der Waals surface area contributed by atoms with Crippen LogP contribution in [0.4, 0.5) is 5.13 Å². The number of nitrogen functional groups attached to an aromatic ring is 1. The molecule has 0 aliphatic heterocycles. The van der Waals surface area contributed by atoms with E-state index in [0.717, 1.165) is 5.69 Å². The van der Waals surface area contributed by atoms with Gasteiger partial charge in [0.25, 0.3) is 0 Å². The highest BCUT2D eigenvalue weighted by molar-refractivity contribution is 7.13. The highest BCUT2D eigenvalue weighted by Gasteiger charge is 2.11. The first kappa shape index (κ1) is 13.8. The van der Waals surface area contributed by atoms with Crippen molar-refractivity contribution in [3.05, 3.63) is 58.5 Å². The number of anilines is 1. The molecular weight excluding hydrogens is 276 g/mol. The highest BCUT2D eigenvalue weighted by Crippen LogP contribution is 2.33. The number of aryl methyl sites for hydroxylation is 3. The molecule has 21 heavy (non-hydrogen) atoms. The van der Waals surface area contributed by atoms with Crippen LogP contribution in [0, 0.1) is 20.8 Å². The lowest BCUT2D eigenvalue weighted by Crippen LogP contribution is -1.92. The minimum absolute atomic E-state index is 0.617. The number of hydrogen-bond donors (Lipinski definition) is 1. The zero-order chi connectivity index (χ0) is 15.0. The summed E-state index contributed by atoms with van der Waals surface area (Å²) >= 11 is 1.49. The second-order valence-corrected chi connectivity index (χ2v) is 6.31. The van der Waals surface area contributed by atoms with Crippen molar-refractivity contribution < 1.29 is 0 Å². The van der Waals surface area contributed by atoms with Gasteiger partial charge in [0, 0.05) is 10.9 Å². The van der Waals surface area contributed by atoms with Gasteiger partial charge in [-0.05, 0) is 43.0 Å². The predicted octanol–water partition coefficient (Wildman–Crippen LogP) is 4.98. The quantitative estimate of drug-likeness (QED) is 0.723. The van der Waals surface area contributed by atoms with Crippen molar-refractivity contribution in [2.45, 2.75) is 20.8 Å². The molecule has 1 heterocycles. The molecule has 0 unspecified atom stereocenters. The van der Waals surface area contributed by atoms with Gasteiger partial charge in [0.2, 0.25) is 0 Å². The number of benzene rings is 2. The monoisotopic (exact) mass is 294 g/mol. The van der Waals surface area contributed by atoms with Gasteiger partial charge < -0.3 is 5.73 Å². The number of thiazole rings is 1. The number of nitrogens with zero attached hydrogens (tertiary/aromatic N) is 1. The van der Waals surface area contributed by atoms with Gasteiger partial charge in [-0.1, -0.05) is 42.0 Å².